The third-order valence-electron chi connectivity index (χ3n) is 4.13. The van der Waals surface area contributed by atoms with E-state index < -0.39 is 11.7 Å². The second-order valence-corrected chi connectivity index (χ2v) is 6.33. The Morgan fingerprint density at radius 3 is 2.78 bits per heavy atom. The van der Waals surface area contributed by atoms with Crippen LogP contribution in [0.3, 0.4) is 0 Å². The van der Waals surface area contributed by atoms with Crippen LogP contribution in [0.2, 0.25) is 5.02 Å². The highest BCUT2D eigenvalue weighted by Crippen LogP contribution is 2.31. The molecule has 1 N–H and O–H groups in total. The van der Waals surface area contributed by atoms with E-state index in [9.17, 15) is 9.59 Å². The Labute approximate surface area is 138 Å². The van der Waals surface area contributed by atoms with Gasteiger partial charge in [0.25, 0.3) is 5.91 Å². The lowest BCUT2D eigenvalue weighted by molar-refractivity contribution is -0.128. The van der Waals surface area contributed by atoms with Crippen molar-refractivity contribution in [3.05, 3.63) is 39.2 Å². The summed E-state index contributed by atoms with van der Waals surface area (Å²) >= 11 is 6.23. The summed E-state index contributed by atoms with van der Waals surface area (Å²) in [6.07, 6.45) is 2.50. The molecule has 0 radical (unpaired) electrons. The van der Waals surface area contributed by atoms with Crippen molar-refractivity contribution in [2.45, 2.75) is 45.3 Å². The first-order chi connectivity index (χ1) is 10.9. The van der Waals surface area contributed by atoms with Crippen molar-refractivity contribution in [3.8, 4) is 5.75 Å². The van der Waals surface area contributed by atoms with E-state index in [1.54, 1.807) is 19.1 Å². The number of carbonyl (C=O) groups excluding carboxylic acids is 1. The Morgan fingerprint density at radius 1 is 1.39 bits per heavy atom. The molecule has 23 heavy (non-hydrogen) atoms. The predicted octanol–water partition coefficient (Wildman–Crippen LogP) is 3.19. The fourth-order valence-corrected chi connectivity index (χ4v) is 2.73. The average Bonchev–Trinajstić information content (AvgIpc) is 2.44. The number of halogens is 1. The molecule has 0 aliphatic heterocycles. The molecule has 5 nitrogen and oxygen atoms in total. The number of amides is 1. The van der Waals surface area contributed by atoms with Crippen molar-refractivity contribution >= 4 is 28.5 Å². The smallest absolute Gasteiger partial charge is 0.336 e. The van der Waals surface area contributed by atoms with Gasteiger partial charge in [0.15, 0.2) is 6.10 Å². The van der Waals surface area contributed by atoms with Crippen LogP contribution in [0.25, 0.3) is 11.0 Å². The molecule has 1 aromatic heterocycles. The van der Waals surface area contributed by atoms with Crippen LogP contribution in [-0.2, 0) is 4.79 Å². The van der Waals surface area contributed by atoms with E-state index in [4.69, 9.17) is 20.8 Å². The topological polar surface area (TPSA) is 68.5 Å². The Kier molecular flexibility index (Phi) is 4.31. The molecule has 6 heteroatoms. The van der Waals surface area contributed by atoms with E-state index in [-0.39, 0.29) is 11.9 Å². The number of carbonyl (C=O) groups is 1. The number of fused-ring (bicyclic) bond motifs is 1. The van der Waals surface area contributed by atoms with Gasteiger partial charge in [-0.15, -0.1) is 0 Å². The minimum atomic E-state index is -0.679. The van der Waals surface area contributed by atoms with Gasteiger partial charge in [-0.3, -0.25) is 4.79 Å². The fourth-order valence-electron chi connectivity index (χ4n) is 2.53. The molecule has 1 atom stereocenters. The zero-order chi connectivity index (χ0) is 16.6. The molecule has 1 fully saturated rings. The quantitative estimate of drug-likeness (QED) is 0.871. The molecule has 0 spiro atoms. The van der Waals surface area contributed by atoms with Crippen LogP contribution in [0, 0.1) is 6.92 Å². The second-order valence-electron chi connectivity index (χ2n) is 5.92. The fraction of sp³-hybridized carbons (Fsp3) is 0.412. The van der Waals surface area contributed by atoms with Gasteiger partial charge in [0.2, 0.25) is 0 Å². The van der Waals surface area contributed by atoms with Crippen LogP contribution in [0.5, 0.6) is 5.75 Å². The molecule has 1 saturated carbocycles. The first-order valence-electron chi connectivity index (χ1n) is 7.65. The van der Waals surface area contributed by atoms with Crippen LogP contribution in [0.1, 0.15) is 31.7 Å². The standard InChI is InChI=1S/C17H18ClNO4/c1-9-6-16(20)23-14-8-15(13(18)7-12(9)14)22-10(2)17(21)19-11-4-3-5-11/h6-8,10-11H,3-5H2,1-2H3,(H,19,21). The van der Waals surface area contributed by atoms with Gasteiger partial charge in [-0.05, 0) is 44.7 Å². The molecule has 0 bridgehead atoms. The highest BCUT2D eigenvalue weighted by atomic mass is 35.5. The number of aryl methyl sites for hydroxylation is 1. The summed E-state index contributed by atoms with van der Waals surface area (Å²) in [7, 11) is 0. The lowest BCUT2D eigenvalue weighted by Crippen LogP contribution is -2.45. The molecule has 2 aromatic rings. The number of ether oxygens (including phenoxy) is 1. The lowest BCUT2D eigenvalue weighted by atomic mass is 9.93. The first kappa shape index (κ1) is 15.9. The largest absolute Gasteiger partial charge is 0.479 e. The van der Waals surface area contributed by atoms with Crippen LogP contribution < -0.4 is 15.7 Å². The van der Waals surface area contributed by atoms with Crippen molar-refractivity contribution in [1.82, 2.24) is 5.32 Å². The monoisotopic (exact) mass is 335 g/mol. The molecule has 122 valence electrons. The van der Waals surface area contributed by atoms with Gasteiger partial charge in [0.1, 0.15) is 11.3 Å². The summed E-state index contributed by atoms with van der Waals surface area (Å²) in [6, 6.07) is 4.90. The molecule has 3 rings (SSSR count). The number of rotatable bonds is 4. The summed E-state index contributed by atoms with van der Waals surface area (Å²) in [5, 5.41) is 4.05. The van der Waals surface area contributed by atoms with Gasteiger partial charge in [-0.1, -0.05) is 11.6 Å². The molecule has 1 aliphatic carbocycles. The maximum Gasteiger partial charge on any atom is 0.336 e. The first-order valence-corrected chi connectivity index (χ1v) is 8.03. The van der Waals surface area contributed by atoms with E-state index in [2.05, 4.69) is 5.32 Å². The van der Waals surface area contributed by atoms with Gasteiger partial charge in [0.05, 0.1) is 5.02 Å². The molecule has 1 aliphatic rings. The maximum absolute atomic E-state index is 12.1. The Hall–Kier alpha value is -2.01. The molecule has 1 heterocycles. The summed E-state index contributed by atoms with van der Waals surface area (Å²) < 4.78 is 10.8. The second kappa shape index (κ2) is 6.24. The summed E-state index contributed by atoms with van der Waals surface area (Å²) in [4.78, 5) is 23.6. The Morgan fingerprint density at radius 2 is 2.13 bits per heavy atom. The minimum Gasteiger partial charge on any atom is -0.479 e. The van der Waals surface area contributed by atoms with Crippen molar-refractivity contribution < 1.29 is 13.9 Å². The summed E-state index contributed by atoms with van der Waals surface area (Å²) in [5.74, 6) is 0.153. The lowest BCUT2D eigenvalue weighted by Gasteiger charge is -2.28. The predicted molar refractivity (Wildman–Crippen MR) is 88.1 cm³/mol. The van der Waals surface area contributed by atoms with Crippen molar-refractivity contribution in [2.75, 3.05) is 0 Å². The number of nitrogens with one attached hydrogen (secondary N) is 1. The zero-order valence-corrected chi connectivity index (χ0v) is 13.8. The van der Waals surface area contributed by atoms with E-state index in [0.717, 1.165) is 30.2 Å². The van der Waals surface area contributed by atoms with E-state index in [0.29, 0.717) is 16.4 Å². The summed E-state index contributed by atoms with van der Waals surface area (Å²) in [5.41, 5.74) is 0.737. The van der Waals surface area contributed by atoms with Crippen molar-refractivity contribution in [3.63, 3.8) is 0 Å². The van der Waals surface area contributed by atoms with E-state index in [1.165, 1.54) is 6.07 Å². The van der Waals surface area contributed by atoms with Crippen molar-refractivity contribution in [2.24, 2.45) is 0 Å². The minimum absolute atomic E-state index is 0.170. The van der Waals surface area contributed by atoms with Crippen LogP contribution in [0.15, 0.2) is 27.4 Å². The number of hydrogen-bond acceptors (Lipinski definition) is 4. The molecular formula is C17H18ClNO4. The average molecular weight is 336 g/mol. The number of hydrogen-bond donors (Lipinski definition) is 1. The van der Waals surface area contributed by atoms with Crippen LogP contribution in [-0.4, -0.2) is 18.1 Å². The molecular weight excluding hydrogens is 318 g/mol. The molecule has 0 saturated heterocycles. The molecule has 1 unspecified atom stereocenters. The number of benzene rings is 1. The highest BCUT2D eigenvalue weighted by Gasteiger charge is 2.24. The van der Waals surface area contributed by atoms with Crippen LogP contribution in [0.4, 0.5) is 0 Å². The Bertz CT molecular complexity index is 810. The third-order valence-corrected chi connectivity index (χ3v) is 4.42. The zero-order valence-electron chi connectivity index (χ0n) is 13.0. The highest BCUT2D eigenvalue weighted by molar-refractivity contribution is 6.32. The SMILES string of the molecule is Cc1cc(=O)oc2cc(OC(C)C(=O)NC3CCC3)c(Cl)cc12. The third kappa shape index (κ3) is 3.34. The maximum atomic E-state index is 12.1. The van der Waals surface area contributed by atoms with Crippen molar-refractivity contribution in [1.29, 1.82) is 0 Å². The summed E-state index contributed by atoms with van der Waals surface area (Å²) in [6.45, 7) is 3.48. The van der Waals surface area contributed by atoms with Gasteiger partial charge < -0.3 is 14.5 Å². The van der Waals surface area contributed by atoms with E-state index in [1.807, 2.05) is 6.92 Å². The molecule has 1 aromatic carbocycles. The molecule has 1 amide bonds. The van der Waals surface area contributed by atoms with E-state index >= 15 is 0 Å². The Balaban J connectivity index is 1.82. The normalized spacial score (nSPS) is 16.0. The van der Waals surface area contributed by atoms with Crippen LogP contribution >= 0.6 is 11.6 Å². The van der Waals surface area contributed by atoms with Gasteiger partial charge in [-0.2, -0.15) is 0 Å². The van der Waals surface area contributed by atoms with Gasteiger partial charge >= 0.3 is 5.63 Å². The van der Waals surface area contributed by atoms with Gasteiger partial charge in [-0.25, -0.2) is 4.79 Å². The van der Waals surface area contributed by atoms with Gasteiger partial charge in [0, 0.05) is 23.6 Å².